The van der Waals surface area contributed by atoms with Crippen LogP contribution >= 0.6 is 0 Å². The molecule has 1 aliphatic heterocycles. The minimum atomic E-state index is -4.64. The Labute approximate surface area is 112 Å². The molecule has 110 valence electrons. The van der Waals surface area contributed by atoms with Crippen LogP contribution in [-0.2, 0) is 0 Å². The van der Waals surface area contributed by atoms with Gasteiger partial charge in [-0.2, -0.15) is 17.6 Å². The van der Waals surface area contributed by atoms with E-state index < -0.39 is 29.9 Å². The molecule has 0 saturated carbocycles. The fourth-order valence-corrected chi connectivity index (χ4v) is 1.73. The van der Waals surface area contributed by atoms with Gasteiger partial charge in [0.25, 0.3) is 0 Å². The summed E-state index contributed by atoms with van der Waals surface area (Å²) in [6.45, 7) is 0.238. The van der Waals surface area contributed by atoms with Gasteiger partial charge < -0.3 is 15.4 Å². The van der Waals surface area contributed by atoms with Gasteiger partial charge in [0.15, 0.2) is 0 Å². The van der Waals surface area contributed by atoms with Crippen molar-refractivity contribution in [3.8, 4) is 5.75 Å². The van der Waals surface area contributed by atoms with Crippen LogP contribution in [0.2, 0.25) is 0 Å². The Bertz CT molecular complexity index is 516. The number of amides is 2. The van der Waals surface area contributed by atoms with Crippen molar-refractivity contribution in [3.05, 3.63) is 29.8 Å². The van der Waals surface area contributed by atoms with E-state index in [1.807, 2.05) is 0 Å². The number of para-hydroxylation sites is 1. The second-order valence-electron chi connectivity index (χ2n) is 4.45. The van der Waals surface area contributed by atoms with Crippen molar-refractivity contribution in [1.82, 2.24) is 10.6 Å². The quantitative estimate of drug-likeness (QED) is 0.838. The zero-order valence-corrected chi connectivity index (χ0v) is 10.4. The molecule has 0 bridgehead atoms. The van der Waals surface area contributed by atoms with Gasteiger partial charge in [-0.3, -0.25) is 0 Å². The molecule has 8 heteroatoms. The highest BCUT2D eigenvalue weighted by atomic mass is 19.3. The summed E-state index contributed by atoms with van der Waals surface area (Å²) in [7, 11) is 0. The van der Waals surface area contributed by atoms with Crippen LogP contribution in [0, 0.1) is 0 Å². The lowest BCUT2D eigenvalue weighted by Crippen LogP contribution is -2.43. The molecule has 0 spiro atoms. The third-order valence-corrected chi connectivity index (χ3v) is 2.82. The predicted octanol–water partition coefficient (Wildman–Crippen LogP) is 2.67. The molecule has 1 heterocycles. The van der Waals surface area contributed by atoms with E-state index in [4.69, 9.17) is 0 Å². The van der Waals surface area contributed by atoms with Crippen molar-refractivity contribution < 1.29 is 27.1 Å². The van der Waals surface area contributed by atoms with Gasteiger partial charge in [-0.05, 0) is 6.07 Å². The van der Waals surface area contributed by atoms with Crippen molar-refractivity contribution in [3.63, 3.8) is 0 Å². The minimum Gasteiger partial charge on any atom is -0.428 e. The molecule has 1 saturated heterocycles. The molecular formula is C12H12F4N2O2. The molecule has 4 nitrogen and oxygen atoms in total. The average molecular weight is 292 g/mol. The summed E-state index contributed by atoms with van der Waals surface area (Å²) in [5, 5.41) is 4.92. The number of halogens is 4. The first-order chi connectivity index (χ1) is 9.21. The Kier molecular flexibility index (Phi) is 3.49. The van der Waals surface area contributed by atoms with Crippen molar-refractivity contribution in [2.75, 3.05) is 6.54 Å². The summed E-state index contributed by atoms with van der Waals surface area (Å²) in [6.07, 6.45) is -4.64. The van der Waals surface area contributed by atoms with Crippen molar-refractivity contribution in [2.45, 2.75) is 25.0 Å². The summed E-state index contributed by atoms with van der Waals surface area (Å²) in [6, 6.07) is 4.43. The number of hydrogen-bond acceptors (Lipinski definition) is 2. The van der Waals surface area contributed by atoms with E-state index in [9.17, 15) is 22.4 Å². The van der Waals surface area contributed by atoms with E-state index in [1.165, 1.54) is 18.2 Å². The maximum absolute atomic E-state index is 13.3. The second kappa shape index (κ2) is 4.84. The highest BCUT2D eigenvalue weighted by Gasteiger charge is 2.55. The van der Waals surface area contributed by atoms with Crippen LogP contribution in [0.3, 0.4) is 0 Å². The Morgan fingerprint density at radius 2 is 1.90 bits per heavy atom. The fraction of sp³-hybridized carbons (Fsp3) is 0.417. The van der Waals surface area contributed by atoms with Gasteiger partial charge in [-0.1, -0.05) is 18.2 Å². The molecule has 0 aliphatic carbocycles. The first-order valence-corrected chi connectivity index (χ1v) is 5.78. The average Bonchev–Trinajstić information content (AvgIpc) is 2.74. The monoisotopic (exact) mass is 292 g/mol. The summed E-state index contributed by atoms with van der Waals surface area (Å²) < 4.78 is 56.4. The van der Waals surface area contributed by atoms with Crippen molar-refractivity contribution in [2.24, 2.45) is 0 Å². The molecule has 1 aromatic carbocycles. The zero-order chi connectivity index (χ0) is 15.0. The van der Waals surface area contributed by atoms with E-state index in [-0.39, 0.29) is 19.0 Å². The minimum absolute atomic E-state index is 0.0779. The lowest BCUT2D eigenvalue weighted by Gasteiger charge is -2.25. The fourth-order valence-electron chi connectivity index (χ4n) is 1.73. The summed E-state index contributed by atoms with van der Waals surface area (Å²) in [4.78, 5) is 11.1. The van der Waals surface area contributed by atoms with E-state index in [0.717, 1.165) is 6.07 Å². The van der Waals surface area contributed by atoms with Crippen LogP contribution in [0.4, 0.5) is 22.4 Å². The number of urea groups is 1. The highest BCUT2D eigenvalue weighted by Crippen LogP contribution is 2.38. The Hall–Kier alpha value is -1.99. The molecule has 0 radical (unpaired) electrons. The molecule has 1 aromatic rings. The molecule has 1 fully saturated rings. The standard InChI is InChI=1S/C12H12F4N2O2/c1-11(13,14)12(15,16)20-9-5-3-2-4-7(9)8-6-17-10(19)18-8/h2-5,8H,6H2,1H3,(H2,17,18,19). The predicted molar refractivity (Wildman–Crippen MR) is 61.9 cm³/mol. The van der Waals surface area contributed by atoms with Crippen LogP contribution in [0.15, 0.2) is 24.3 Å². The number of nitrogens with one attached hydrogen (secondary N) is 2. The SMILES string of the molecule is CC(F)(F)C(F)(F)Oc1ccccc1C1CNC(=O)N1. The third-order valence-electron chi connectivity index (χ3n) is 2.82. The number of hydrogen-bond donors (Lipinski definition) is 2. The number of rotatable bonds is 4. The van der Waals surface area contributed by atoms with Crippen molar-refractivity contribution in [1.29, 1.82) is 0 Å². The van der Waals surface area contributed by atoms with Gasteiger partial charge in [-0.25, -0.2) is 4.79 Å². The van der Waals surface area contributed by atoms with Crippen LogP contribution in [0.5, 0.6) is 5.75 Å². The molecule has 1 atom stereocenters. The normalized spacial score (nSPS) is 19.4. The topological polar surface area (TPSA) is 50.4 Å². The molecular weight excluding hydrogens is 280 g/mol. The van der Waals surface area contributed by atoms with E-state index in [2.05, 4.69) is 15.4 Å². The van der Waals surface area contributed by atoms with Gasteiger partial charge in [0, 0.05) is 19.0 Å². The molecule has 0 aromatic heterocycles. The number of ether oxygens (including phenoxy) is 1. The molecule has 1 aliphatic rings. The summed E-state index contributed by atoms with van der Waals surface area (Å²) >= 11 is 0. The van der Waals surface area contributed by atoms with Crippen molar-refractivity contribution >= 4 is 6.03 Å². The molecule has 2 amide bonds. The van der Waals surface area contributed by atoms with Crippen LogP contribution in [0.1, 0.15) is 18.5 Å². The number of carbonyl (C=O) groups excluding carboxylic acids is 1. The Morgan fingerprint density at radius 3 is 2.45 bits per heavy atom. The largest absolute Gasteiger partial charge is 0.463 e. The molecule has 1 unspecified atom stereocenters. The van der Waals surface area contributed by atoms with E-state index >= 15 is 0 Å². The molecule has 2 N–H and O–H groups in total. The van der Waals surface area contributed by atoms with Gasteiger partial charge >= 0.3 is 18.1 Å². The van der Waals surface area contributed by atoms with Gasteiger partial charge in [0.05, 0.1) is 6.04 Å². The van der Waals surface area contributed by atoms with Gasteiger partial charge in [0.2, 0.25) is 0 Å². The number of alkyl halides is 4. The van der Waals surface area contributed by atoms with Crippen LogP contribution in [0.25, 0.3) is 0 Å². The first kappa shape index (κ1) is 14.4. The maximum Gasteiger partial charge on any atom is 0.463 e. The highest BCUT2D eigenvalue weighted by molar-refractivity contribution is 5.77. The number of benzene rings is 1. The lowest BCUT2D eigenvalue weighted by atomic mass is 10.1. The molecule has 20 heavy (non-hydrogen) atoms. The summed E-state index contributed by atoms with van der Waals surface area (Å²) in [5.74, 6) is -4.72. The van der Waals surface area contributed by atoms with Gasteiger partial charge in [-0.15, -0.1) is 0 Å². The maximum atomic E-state index is 13.3. The first-order valence-electron chi connectivity index (χ1n) is 5.78. The zero-order valence-electron chi connectivity index (χ0n) is 10.4. The van der Waals surface area contributed by atoms with Crippen LogP contribution in [-0.4, -0.2) is 24.6 Å². The third kappa shape index (κ3) is 2.78. The Balaban J connectivity index is 2.27. The smallest absolute Gasteiger partial charge is 0.428 e. The van der Waals surface area contributed by atoms with E-state index in [1.54, 1.807) is 0 Å². The summed E-state index contributed by atoms with van der Waals surface area (Å²) in [5.41, 5.74) is 0.203. The second-order valence-corrected chi connectivity index (χ2v) is 4.45. The van der Waals surface area contributed by atoms with Gasteiger partial charge in [0.1, 0.15) is 5.75 Å². The Morgan fingerprint density at radius 1 is 1.25 bits per heavy atom. The number of carbonyl (C=O) groups is 1. The van der Waals surface area contributed by atoms with Crippen LogP contribution < -0.4 is 15.4 Å². The lowest BCUT2D eigenvalue weighted by molar-refractivity contribution is -0.301. The molecule has 2 rings (SSSR count). The van der Waals surface area contributed by atoms with E-state index in [0.29, 0.717) is 0 Å².